The van der Waals surface area contributed by atoms with E-state index in [-0.39, 0.29) is 23.4 Å². The third kappa shape index (κ3) is 4.64. The first-order chi connectivity index (χ1) is 15.0. The maximum atomic E-state index is 13.0. The Morgan fingerprint density at radius 3 is 2.53 bits per heavy atom. The fourth-order valence-electron chi connectivity index (χ4n) is 4.51. The van der Waals surface area contributed by atoms with Gasteiger partial charge in [0.15, 0.2) is 0 Å². The second-order valence-electron chi connectivity index (χ2n) is 10.4. The summed E-state index contributed by atoms with van der Waals surface area (Å²) in [7, 11) is 0. The number of nitrogens with one attached hydrogen (secondary N) is 3. The van der Waals surface area contributed by atoms with Gasteiger partial charge in [-0.05, 0) is 62.6 Å². The zero-order valence-corrected chi connectivity index (χ0v) is 20.8. The molecular weight excluding hydrogens is 444 g/mol. The second kappa shape index (κ2) is 8.34. The van der Waals surface area contributed by atoms with E-state index in [1.807, 2.05) is 52.8 Å². The van der Waals surface area contributed by atoms with E-state index in [0.29, 0.717) is 9.90 Å². The van der Waals surface area contributed by atoms with Crippen molar-refractivity contribution in [3.05, 3.63) is 44.9 Å². The van der Waals surface area contributed by atoms with Crippen LogP contribution in [0.4, 0.5) is 5.69 Å². The molecule has 0 radical (unpaired) electrons. The summed E-state index contributed by atoms with van der Waals surface area (Å²) in [5.41, 5.74) is 1.32. The number of nitrogens with zero attached hydrogens (tertiary/aromatic N) is 1. The lowest BCUT2D eigenvalue weighted by atomic mass is 9.50. The van der Waals surface area contributed by atoms with Crippen LogP contribution in [0.2, 0.25) is 5.02 Å². The minimum atomic E-state index is -0.592. The van der Waals surface area contributed by atoms with Gasteiger partial charge in [-0.15, -0.1) is 11.3 Å². The summed E-state index contributed by atoms with van der Waals surface area (Å²) in [6.07, 6.45) is 4.84. The van der Waals surface area contributed by atoms with Gasteiger partial charge in [0.25, 0.3) is 5.91 Å². The van der Waals surface area contributed by atoms with E-state index in [0.717, 1.165) is 41.4 Å². The molecule has 5 rings (SSSR count). The molecule has 2 atom stereocenters. The average Bonchev–Trinajstić information content (AvgIpc) is 3.14. The normalized spacial score (nSPS) is 23.4. The van der Waals surface area contributed by atoms with Crippen LogP contribution < -0.4 is 16.0 Å². The smallest absolute Gasteiger partial charge is 0.262 e. The quantitative estimate of drug-likeness (QED) is 0.521. The van der Waals surface area contributed by atoms with Gasteiger partial charge in [0.05, 0.1) is 27.3 Å². The van der Waals surface area contributed by atoms with E-state index in [1.165, 1.54) is 11.3 Å². The summed E-state index contributed by atoms with van der Waals surface area (Å²) in [6.45, 7) is 9.89. The number of thiophene rings is 1. The number of aryl methyl sites for hydroxylation is 1. The lowest BCUT2D eigenvalue weighted by Crippen LogP contribution is -2.70. The standard InChI is InChI=1S/C24H31ClN4O2S/c1-13-17(8-16(25)12-26-13)27-14(2)18-6-7-19(32-18)21(30)28-20(23(3,4)5)22(31)29-24-9-15(10-24)11-24/h6-8,12,14-15,20,27H,9-11H2,1-5H3,(H,28,30)(H,29,31)/t14-,15?,20-,24?/m0/s1. The summed E-state index contributed by atoms with van der Waals surface area (Å²) < 4.78 is 0. The molecule has 2 bridgehead atoms. The Kier molecular flexibility index (Phi) is 6.01. The number of hydrogen-bond donors (Lipinski definition) is 3. The largest absolute Gasteiger partial charge is 0.376 e. The van der Waals surface area contributed by atoms with Crippen LogP contribution in [0.25, 0.3) is 0 Å². The zero-order valence-electron chi connectivity index (χ0n) is 19.2. The van der Waals surface area contributed by atoms with Gasteiger partial charge < -0.3 is 16.0 Å². The Morgan fingerprint density at radius 2 is 1.94 bits per heavy atom. The van der Waals surface area contributed by atoms with Crippen LogP contribution in [0.3, 0.4) is 0 Å². The number of hydrogen-bond acceptors (Lipinski definition) is 5. The Balaban J connectivity index is 1.42. The molecule has 2 aromatic heterocycles. The Bertz CT molecular complexity index is 1030. The first kappa shape index (κ1) is 23.1. The first-order valence-electron chi connectivity index (χ1n) is 11.1. The highest BCUT2D eigenvalue weighted by Gasteiger charge is 2.58. The predicted molar refractivity (Wildman–Crippen MR) is 129 cm³/mol. The molecule has 172 valence electrons. The van der Waals surface area contributed by atoms with Crippen LogP contribution in [0.1, 0.15) is 73.2 Å². The molecule has 0 aromatic carbocycles. The summed E-state index contributed by atoms with van der Waals surface area (Å²) in [5, 5.41) is 10.2. The molecule has 2 amide bonds. The topological polar surface area (TPSA) is 83.1 Å². The number of anilines is 1. The summed E-state index contributed by atoms with van der Waals surface area (Å²) in [4.78, 5) is 31.9. The van der Waals surface area contributed by atoms with E-state index in [4.69, 9.17) is 11.6 Å². The lowest BCUT2D eigenvalue weighted by molar-refractivity contribution is -0.136. The van der Waals surface area contributed by atoms with Crippen molar-refractivity contribution in [1.82, 2.24) is 15.6 Å². The Morgan fingerprint density at radius 1 is 1.25 bits per heavy atom. The van der Waals surface area contributed by atoms with Crippen LogP contribution in [0.15, 0.2) is 24.4 Å². The Hall–Kier alpha value is -2.12. The number of amides is 2. The van der Waals surface area contributed by atoms with Crippen LogP contribution >= 0.6 is 22.9 Å². The van der Waals surface area contributed by atoms with Crippen LogP contribution in [-0.4, -0.2) is 28.4 Å². The van der Waals surface area contributed by atoms with Crippen LogP contribution in [0.5, 0.6) is 0 Å². The predicted octanol–water partition coefficient (Wildman–Crippen LogP) is 5.09. The molecule has 0 spiro atoms. The number of halogens is 1. The van der Waals surface area contributed by atoms with E-state index < -0.39 is 11.5 Å². The molecule has 6 nitrogen and oxygen atoms in total. The molecular formula is C24H31ClN4O2S. The molecule has 0 saturated heterocycles. The highest BCUT2D eigenvalue weighted by molar-refractivity contribution is 7.14. The maximum Gasteiger partial charge on any atom is 0.262 e. The molecule has 0 unspecified atom stereocenters. The van der Waals surface area contributed by atoms with Gasteiger partial charge in [-0.2, -0.15) is 0 Å². The van der Waals surface area contributed by atoms with Gasteiger partial charge in [0, 0.05) is 16.6 Å². The Labute approximate surface area is 198 Å². The highest BCUT2D eigenvalue weighted by atomic mass is 35.5. The fourth-order valence-corrected chi connectivity index (χ4v) is 5.58. The number of carbonyl (C=O) groups excluding carboxylic acids is 2. The molecule has 2 heterocycles. The molecule has 3 fully saturated rings. The molecule has 3 saturated carbocycles. The zero-order chi connectivity index (χ0) is 23.3. The number of carbonyl (C=O) groups is 2. The number of pyridine rings is 1. The summed E-state index contributed by atoms with van der Waals surface area (Å²) >= 11 is 7.49. The van der Waals surface area contributed by atoms with Crippen molar-refractivity contribution in [1.29, 1.82) is 0 Å². The highest BCUT2D eigenvalue weighted by Crippen LogP contribution is 2.57. The van der Waals surface area contributed by atoms with Crippen molar-refractivity contribution in [3.63, 3.8) is 0 Å². The monoisotopic (exact) mass is 474 g/mol. The van der Waals surface area contributed by atoms with Crippen LogP contribution in [-0.2, 0) is 4.79 Å². The minimum Gasteiger partial charge on any atom is -0.376 e. The molecule has 32 heavy (non-hydrogen) atoms. The molecule has 8 heteroatoms. The molecule has 3 aliphatic rings. The van der Waals surface area contributed by atoms with Crippen molar-refractivity contribution < 1.29 is 9.59 Å². The van der Waals surface area contributed by atoms with Gasteiger partial charge >= 0.3 is 0 Å². The summed E-state index contributed by atoms with van der Waals surface area (Å²) in [6, 6.07) is 4.99. The second-order valence-corrected chi connectivity index (χ2v) is 11.9. The summed E-state index contributed by atoms with van der Waals surface area (Å²) in [5.74, 6) is 0.478. The van der Waals surface area contributed by atoms with Crippen molar-refractivity contribution in [3.8, 4) is 0 Å². The van der Waals surface area contributed by atoms with Crippen LogP contribution in [0, 0.1) is 18.3 Å². The molecule has 3 N–H and O–H groups in total. The van der Waals surface area contributed by atoms with Gasteiger partial charge in [0.2, 0.25) is 5.91 Å². The fraction of sp³-hybridized carbons (Fsp3) is 0.542. The van der Waals surface area contributed by atoms with Crippen molar-refractivity contribution in [2.24, 2.45) is 11.3 Å². The lowest BCUT2D eigenvalue weighted by Gasteiger charge is -2.62. The number of rotatable bonds is 7. The third-order valence-corrected chi connectivity index (χ3v) is 8.01. The van der Waals surface area contributed by atoms with Crippen molar-refractivity contribution in [2.75, 3.05) is 5.32 Å². The van der Waals surface area contributed by atoms with Gasteiger partial charge in [-0.1, -0.05) is 32.4 Å². The molecule has 3 aliphatic carbocycles. The van der Waals surface area contributed by atoms with E-state index >= 15 is 0 Å². The number of aromatic nitrogens is 1. The van der Waals surface area contributed by atoms with E-state index in [9.17, 15) is 9.59 Å². The molecule has 0 aliphatic heterocycles. The van der Waals surface area contributed by atoms with E-state index in [2.05, 4.69) is 20.9 Å². The van der Waals surface area contributed by atoms with Gasteiger partial charge in [-0.25, -0.2) is 0 Å². The van der Waals surface area contributed by atoms with Crippen molar-refractivity contribution in [2.45, 2.75) is 71.5 Å². The third-order valence-electron chi connectivity index (χ3n) is 6.53. The first-order valence-corrected chi connectivity index (χ1v) is 12.3. The maximum absolute atomic E-state index is 13.0. The van der Waals surface area contributed by atoms with Gasteiger partial charge in [-0.3, -0.25) is 14.6 Å². The van der Waals surface area contributed by atoms with Gasteiger partial charge in [0.1, 0.15) is 6.04 Å². The minimum absolute atomic E-state index is 0.0134. The van der Waals surface area contributed by atoms with E-state index in [1.54, 1.807) is 6.20 Å². The van der Waals surface area contributed by atoms with Crippen molar-refractivity contribution >= 4 is 40.4 Å². The average molecular weight is 475 g/mol. The SMILES string of the molecule is Cc1ncc(Cl)cc1N[C@@H](C)c1ccc(C(=O)N[C@@H](C(=O)NC23CC(C2)C3)C(C)(C)C)s1. The molecule has 2 aromatic rings.